The molecule has 1 heterocycles. The minimum Gasteiger partial charge on any atom is -0.486 e. The number of aliphatic carboxylic acids is 1. The minimum atomic E-state index is -1.68. The molecule has 3 aromatic carbocycles. The highest BCUT2D eigenvalue weighted by Gasteiger charge is 2.26. The Balaban J connectivity index is 1.87. The molecular formula is C27H20FNO6. The van der Waals surface area contributed by atoms with E-state index in [1.165, 1.54) is 25.4 Å². The molecule has 0 fully saturated rings. The molecule has 1 aromatic heterocycles. The summed E-state index contributed by atoms with van der Waals surface area (Å²) in [5.41, 5.74) is 2.10. The van der Waals surface area contributed by atoms with E-state index in [2.05, 4.69) is 4.98 Å². The van der Waals surface area contributed by atoms with Gasteiger partial charge in [0.05, 0.1) is 7.11 Å². The number of carboxylic acids is 1. The number of carboxylic acid groups (broad SMARTS) is 1. The van der Waals surface area contributed by atoms with Crippen LogP contribution in [-0.4, -0.2) is 34.9 Å². The first-order chi connectivity index (χ1) is 16.9. The van der Waals surface area contributed by atoms with Crippen molar-refractivity contribution < 1.29 is 33.4 Å². The third-order valence-corrected chi connectivity index (χ3v) is 5.37. The summed E-state index contributed by atoms with van der Waals surface area (Å²) in [7, 11) is 1.17. The van der Waals surface area contributed by atoms with Gasteiger partial charge >= 0.3 is 11.9 Å². The van der Waals surface area contributed by atoms with Crippen LogP contribution in [0.25, 0.3) is 10.9 Å². The van der Waals surface area contributed by atoms with Gasteiger partial charge in [-0.2, -0.15) is 0 Å². The lowest BCUT2D eigenvalue weighted by Gasteiger charge is -2.16. The third-order valence-electron chi connectivity index (χ3n) is 5.37. The van der Waals surface area contributed by atoms with E-state index in [1.54, 1.807) is 18.2 Å². The standard InChI is InChI=1S/C27H20FNO6/c1-34-27(33)22-13-21(24(30)26(31)32)20-12-18(11-16-7-9-19(28)10-8-16)14-29-23(20)25(22)35-15-17-5-3-2-4-6-17/h2-10,12-14H,11,15H2,1H3,(H,31,32). The molecule has 0 saturated carbocycles. The quantitative estimate of drug-likeness (QED) is 0.227. The first kappa shape index (κ1) is 23.6. The van der Waals surface area contributed by atoms with Crippen molar-refractivity contribution in [1.29, 1.82) is 0 Å². The zero-order valence-electron chi connectivity index (χ0n) is 18.7. The fourth-order valence-electron chi connectivity index (χ4n) is 3.68. The second-order valence-corrected chi connectivity index (χ2v) is 7.74. The fourth-order valence-corrected chi connectivity index (χ4v) is 3.68. The number of methoxy groups -OCH3 is 1. The number of nitrogens with zero attached hydrogens (tertiary/aromatic N) is 1. The molecule has 1 N–H and O–H groups in total. The molecule has 0 aliphatic carbocycles. The van der Waals surface area contributed by atoms with Gasteiger partial charge in [-0.15, -0.1) is 0 Å². The average Bonchev–Trinajstić information content (AvgIpc) is 2.88. The van der Waals surface area contributed by atoms with Crippen molar-refractivity contribution in [2.24, 2.45) is 0 Å². The molecule has 176 valence electrons. The fraction of sp³-hybridized carbons (Fsp3) is 0.111. The van der Waals surface area contributed by atoms with E-state index in [0.29, 0.717) is 12.0 Å². The number of aromatic nitrogens is 1. The van der Waals surface area contributed by atoms with E-state index in [1.807, 2.05) is 30.3 Å². The molecule has 8 heteroatoms. The first-order valence-corrected chi connectivity index (χ1v) is 10.6. The molecule has 0 saturated heterocycles. The molecule has 4 aromatic rings. The Bertz CT molecular complexity index is 1420. The number of hydrogen-bond donors (Lipinski definition) is 1. The normalized spacial score (nSPS) is 10.7. The number of carbonyl (C=O) groups excluding carboxylic acids is 2. The van der Waals surface area contributed by atoms with Crippen LogP contribution in [0.2, 0.25) is 0 Å². The number of Topliss-reactive ketones (excluding diaryl/α,β-unsaturated/α-hetero) is 1. The Morgan fingerprint density at radius 1 is 0.914 bits per heavy atom. The SMILES string of the molecule is COC(=O)c1cc(C(=O)C(=O)O)c2cc(Cc3ccc(F)cc3)cnc2c1OCc1ccccc1. The molecule has 0 radical (unpaired) electrons. The van der Waals surface area contributed by atoms with Gasteiger partial charge in [0.25, 0.3) is 5.78 Å². The molecular weight excluding hydrogens is 453 g/mol. The predicted molar refractivity (Wildman–Crippen MR) is 125 cm³/mol. The first-order valence-electron chi connectivity index (χ1n) is 10.6. The summed E-state index contributed by atoms with van der Waals surface area (Å²) in [5, 5.41) is 9.60. The van der Waals surface area contributed by atoms with Gasteiger partial charge < -0.3 is 14.6 Å². The maximum Gasteiger partial charge on any atom is 0.377 e. The monoisotopic (exact) mass is 473 g/mol. The third kappa shape index (κ3) is 5.16. The van der Waals surface area contributed by atoms with Gasteiger partial charge in [-0.05, 0) is 47.4 Å². The van der Waals surface area contributed by atoms with Crippen LogP contribution in [0.3, 0.4) is 0 Å². The molecule has 0 unspecified atom stereocenters. The van der Waals surface area contributed by atoms with E-state index in [0.717, 1.165) is 17.2 Å². The Labute approximate surface area is 199 Å². The number of halogens is 1. The van der Waals surface area contributed by atoms with Crippen molar-refractivity contribution >= 4 is 28.6 Å². The smallest absolute Gasteiger partial charge is 0.377 e. The molecule has 0 bridgehead atoms. The number of ether oxygens (including phenoxy) is 2. The topological polar surface area (TPSA) is 103 Å². The number of ketones is 1. The molecule has 0 aliphatic heterocycles. The van der Waals surface area contributed by atoms with Crippen molar-refractivity contribution in [1.82, 2.24) is 4.98 Å². The average molecular weight is 473 g/mol. The number of pyridine rings is 1. The summed E-state index contributed by atoms with van der Waals surface area (Å²) in [6.45, 7) is 0.102. The summed E-state index contributed by atoms with van der Waals surface area (Å²) in [6, 6.07) is 17.9. The van der Waals surface area contributed by atoms with Crippen LogP contribution in [0.5, 0.6) is 5.75 Å². The van der Waals surface area contributed by atoms with Crippen LogP contribution in [0, 0.1) is 5.82 Å². The van der Waals surface area contributed by atoms with Gasteiger partial charge in [-0.25, -0.2) is 14.0 Å². The molecule has 7 nitrogen and oxygen atoms in total. The molecule has 35 heavy (non-hydrogen) atoms. The largest absolute Gasteiger partial charge is 0.486 e. The zero-order valence-corrected chi connectivity index (χ0v) is 18.7. The van der Waals surface area contributed by atoms with Crippen molar-refractivity contribution in [2.75, 3.05) is 7.11 Å². The van der Waals surface area contributed by atoms with Crippen LogP contribution in [0.4, 0.5) is 4.39 Å². The Morgan fingerprint density at radius 2 is 1.63 bits per heavy atom. The lowest BCUT2D eigenvalue weighted by molar-refractivity contribution is -0.131. The highest BCUT2D eigenvalue weighted by atomic mass is 19.1. The van der Waals surface area contributed by atoms with Gasteiger partial charge in [0.15, 0.2) is 5.75 Å². The summed E-state index contributed by atoms with van der Waals surface area (Å²) >= 11 is 0. The Hall–Kier alpha value is -4.59. The van der Waals surface area contributed by atoms with Crippen molar-refractivity contribution in [3.8, 4) is 5.75 Å². The molecule has 0 spiro atoms. The predicted octanol–water partition coefficient (Wildman–Crippen LogP) is 4.60. The van der Waals surface area contributed by atoms with Gasteiger partial charge in [-0.1, -0.05) is 42.5 Å². The van der Waals surface area contributed by atoms with Crippen LogP contribution in [0.1, 0.15) is 37.4 Å². The number of esters is 1. The highest BCUT2D eigenvalue weighted by Crippen LogP contribution is 2.34. The van der Waals surface area contributed by atoms with Gasteiger partial charge in [0.2, 0.25) is 0 Å². The lowest BCUT2D eigenvalue weighted by atomic mass is 9.97. The van der Waals surface area contributed by atoms with Gasteiger partial charge in [-0.3, -0.25) is 9.78 Å². The zero-order chi connectivity index (χ0) is 24.9. The molecule has 4 rings (SSSR count). The summed E-state index contributed by atoms with van der Waals surface area (Å²) in [6.07, 6.45) is 1.90. The number of fused-ring (bicyclic) bond motifs is 1. The van der Waals surface area contributed by atoms with E-state index in [-0.39, 0.29) is 40.2 Å². The van der Waals surface area contributed by atoms with Crippen LogP contribution < -0.4 is 4.74 Å². The molecule has 0 amide bonds. The second-order valence-electron chi connectivity index (χ2n) is 7.74. The van der Waals surface area contributed by atoms with E-state index < -0.39 is 17.7 Å². The summed E-state index contributed by atoms with van der Waals surface area (Å²) in [4.78, 5) is 41.1. The summed E-state index contributed by atoms with van der Waals surface area (Å²) < 4.78 is 24.1. The van der Waals surface area contributed by atoms with Crippen LogP contribution >= 0.6 is 0 Å². The maximum absolute atomic E-state index is 13.3. The van der Waals surface area contributed by atoms with Crippen LogP contribution in [0.15, 0.2) is 72.9 Å². The highest BCUT2D eigenvalue weighted by molar-refractivity contribution is 6.42. The van der Waals surface area contributed by atoms with E-state index in [4.69, 9.17) is 9.47 Å². The Morgan fingerprint density at radius 3 is 2.29 bits per heavy atom. The Kier molecular flexibility index (Phi) is 6.82. The number of rotatable bonds is 8. The number of hydrogen-bond acceptors (Lipinski definition) is 6. The molecule has 0 atom stereocenters. The summed E-state index contributed by atoms with van der Waals surface area (Å²) in [5.74, 6) is -3.97. The van der Waals surface area contributed by atoms with Gasteiger partial charge in [0.1, 0.15) is 23.5 Å². The van der Waals surface area contributed by atoms with Crippen LogP contribution in [-0.2, 0) is 22.6 Å². The van der Waals surface area contributed by atoms with Crippen molar-refractivity contribution in [3.63, 3.8) is 0 Å². The van der Waals surface area contributed by atoms with Crippen molar-refractivity contribution in [2.45, 2.75) is 13.0 Å². The van der Waals surface area contributed by atoms with Gasteiger partial charge in [0, 0.05) is 17.1 Å². The van der Waals surface area contributed by atoms with E-state index >= 15 is 0 Å². The maximum atomic E-state index is 13.3. The number of benzene rings is 3. The number of carbonyl (C=O) groups is 3. The lowest BCUT2D eigenvalue weighted by Crippen LogP contribution is -2.16. The second kappa shape index (κ2) is 10.1. The molecule has 0 aliphatic rings. The van der Waals surface area contributed by atoms with E-state index in [9.17, 15) is 23.9 Å². The minimum absolute atomic E-state index is 0.0750. The van der Waals surface area contributed by atoms with Crippen molar-refractivity contribution in [3.05, 3.63) is 107 Å².